The molecule has 9 rings (SSSR count). The fourth-order valence-corrected chi connectivity index (χ4v) is 8.71. The molecule has 10 nitrogen and oxygen atoms in total. The second kappa shape index (κ2) is 15.3. The fourth-order valence-electron chi connectivity index (χ4n) is 8.71. The highest BCUT2D eigenvalue weighted by molar-refractivity contribution is 6.12. The van der Waals surface area contributed by atoms with E-state index in [0.29, 0.717) is 34.9 Å². The highest BCUT2D eigenvalue weighted by atomic mass is 16.7. The Morgan fingerprint density at radius 2 is 1.51 bits per heavy atom. The Morgan fingerprint density at radius 3 is 2.31 bits per heavy atom. The molecule has 5 aromatic rings. The molecule has 0 aliphatic carbocycles. The molecule has 1 N–H and O–H groups in total. The molecule has 1 saturated heterocycles. The number of phenolic OH excluding ortho intramolecular Hbond substituents is 1. The van der Waals surface area contributed by atoms with Gasteiger partial charge in [-0.15, -0.1) is 0 Å². The van der Waals surface area contributed by atoms with Gasteiger partial charge in [0.1, 0.15) is 5.75 Å². The first-order chi connectivity index (χ1) is 27.0. The third-order valence-corrected chi connectivity index (χ3v) is 11.6. The van der Waals surface area contributed by atoms with Gasteiger partial charge in [0.2, 0.25) is 6.79 Å². The number of hydrogen-bond donors (Lipinski definition) is 1. The lowest BCUT2D eigenvalue weighted by Gasteiger charge is -2.38. The summed E-state index contributed by atoms with van der Waals surface area (Å²) >= 11 is 0. The van der Waals surface area contributed by atoms with Crippen LogP contribution in [0.3, 0.4) is 0 Å². The summed E-state index contributed by atoms with van der Waals surface area (Å²) in [5.41, 5.74) is 7.49. The SMILES string of the molecule is O=C(c1cc(-c2cc3c(cc2C(=O)N2Cc4ccccc4C[C@H]2CCCN2CCOCC2)OCO3)n2c1CCCC2)N(c1ccccc1)c1ccc(O)cc1. The van der Waals surface area contributed by atoms with E-state index in [0.717, 1.165) is 101 Å². The van der Waals surface area contributed by atoms with Crippen LogP contribution in [0.4, 0.5) is 11.4 Å². The van der Waals surface area contributed by atoms with Gasteiger partial charge in [-0.25, -0.2) is 0 Å². The van der Waals surface area contributed by atoms with Crippen molar-refractivity contribution >= 4 is 23.2 Å². The molecular formula is C45H46N4O6. The van der Waals surface area contributed by atoms with Crippen molar-refractivity contribution in [3.8, 4) is 28.5 Å². The average Bonchev–Trinajstić information content (AvgIpc) is 3.86. The lowest BCUT2D eigenvalue weighted by molar-refractivity contribution is 0.0353. The van der Waals surface area contributed by atoms with Crippen LogP contribution in [0.25, 0.3) is 11.3 Å². The summed E-state index contributed by atoms with van der Waals surface area (Å²) in [6.07, 6.45) is 5.34. The van der Waals surface area contributed by atoms with E-state index >= 15 is 4.79 Å². The van der Waals surface area contributed by atoms with Gasteiger partial charge in [0.05, 0.1) is 24.3 Å². The van der Waals surface area contributed by atoms with Gasteiger partial charge < -0.3 is 28.8 Å². The molecule has 55 heavy (non-hydrogen) atoms. The van der Waals surface area contributed by atoms with E-state index < -0.39 is 0 Å². The summed E-state index contributed by atoms with van der Waals surface area (Å²) in [7, 11) is 0. The molecule has 1 fully saturated rings. The average molecular weight is 739 g/mol. The second-order valence-electron chi connectivity index (χ2n) is 14.9. The summed E-state index contributed by atoms with van der Waals surface area (Å²) in [4.78, 5) is 36.3. The number of rotatable bonds is 9. The van der Waals surface area contributed by atoms with Gasteiger partial charge in [-0.05, 0) is 111 Å². The maximum Gasteiger partial charge on any atom is 0.264 e. The minimum atomic E-state index is -0.171. The van der Waals surface area contributed by atoms with Crippen molar-refractivity contribution in [3.63, 3.8) is 0 Å². The zero-order valence-electron chi connectivity index (χ0n) is 31.0. The van der Waals surface area contributed by atoms with Gasteiger partial charge in [0.25, 0.3) is 11.8 Å². The molecule has 5 heterocycles. The lowest BCUT2D eigenvalue weighted by Crippen LogP contribution is -2.45. The number of anilines is 2. The van der Waals surface area contributed by atoms with Crippen LogP contribution >= 0.6 is 0 Å². The summed E-state index contributed by atoms with van der Waals surface area (Å²) < 4.78 is 19.6. The number of aromatic hydroxyl groups is 1. The van der Waals surface area contributed by atoms with Crippen LogP contribution in [0.5, 0.6) is 17.2 Å². The number of hydrogen-bond acceptors (Lipinski definition) is 7. The summed E-state index contributed by atoms with van der Waals surface area (Å²) in [6, 6.07) is 30.5. The van der Waals surface area contributed by atoms with E-state index in [1.54, 1.807) is 29.2 Å². The maximum atomic E-state index is 15.2. The number of amides is 2. The van der Waals surface area contributed by atoms with Crippen molar-refractivity contribution in [3.05, 3.63) is 125 Å². The van der Waals surface area contributed by atoms with Crippen molar-refractivity contribution in [2.75, 3.05) is 44.5 Å². The van der Waals surface area contributed by atoms with Crippen LogP contribution < -0.4 is 14.4 Å². The van der Waals surface area contributed by atoms with Crippen LogP contribution in [-0.2, 0) is 30.7 Å². The number of carbonyl (C=O) groups is 2. The molecule has 10 heteroatoms. The molecule has 0 unspecified atom stereocenters. The van der Waals surface area contributed by atoms with Crippen LogP contribution in [0, 0.1) is 0 Å². The molecule has 1 atom stereocenters. The smallest absolute Gasteiger partial charge is 0.264 e. The molecule has 4 aliphatic heterocycles. The number of phenols is 1. The third kappa shape index (κ3) is 6.96. The zero-order valence-corrected chi connectivity index (χ0v) is 31.0. The Balaban J connectivity index is 1.11. The first-order valence-electron chi connectivity index (χ1n) is 19.5. The van der Waals surface area contributed by atoms with Crippen LogP contribution in [0.2, 0.25) is 0 Å². The lowest BCUT2D eigenvalue weighted by atomic mass is 9.90. The van der Waals surface area contributed by atoms with Crippen molar-refractivity contribution in [1.29, 1.82) is 0 Å². The minimum Gasteiger partial charge on any atom is -0.508 e. The van der Waals surface area contributed by atoms with E-state index in [4.69, 9.17) is 14.2 Å². The Kier molecular flexibility index (Phi) is 9.76. The quantitative estimate of drug-likeness (QED) is 0.167. The van der Waals surface area contributed by atoms with Gasteiger partial charge in [-0.1, -0.05) is 42.5 Å². The first-order valence-corrected chi connectivity index (χ1v) is 19.5. The molecule has 0 radical (unpaired) electrons. The largest absolute Gasteiger partial charge is 0.508 e. The Bertz CT molecular complexity index is 2190. The Morgan fingerprint density at radius 1 is 0.782 bits per heavy atom. The van der Waals surface area contributed by atoms with Gasteiger partial charge in [-0.3, -0.25) is 19.4 Å². The second-order valence-corrected chi connectivity index (χ2v) is 14.9. The standard InChI is InChI=1S/C45H46N4O6/c50-36-17-15-34(16-18-36)49(33-11-2-1-3-12-33)45(52)39-26-41(47-20-7-6-14-40(39)47)37-27-42-43(55-30-54-42)28-38(37)44(51)48-29-32-10-5-4-9-31(32)25-35(48)13-8-19-46-21-23-53-24-22-46/h1-5,9-12,15-18,26-28,35,50H,6-8,13-14,19-25,29-30H2/t35-/m1/s1. The highest BCUT2D eigenvalue weighted by Gasteiger charge is 2.35. The third-order valence-electron chi connectivity index (χ3n) is 11.6. The van der Waals surface area contributed by atoms with Crippen molar-refractivity contribution in [1.82, 2.24) is 14.4 Å². The molecule has 282 valence electrons. The molecule has 0 bridgehead atoms. The molecular weight excluding hydrogens is 693 g/mol. The predicted octanol–water partition coefficient (Wildman–Crippen LogP) is 7.58. The van der Waals surface area contributed by atoms with E-state index in [9.17, 15) is 9.90 Å². The minimum absolute atomic E-state index is 0.0322. The first kappa shape index (κ1) is 35.1. The Hall–Kier alpha value is -5.58. The topological polar surface area (TPSA) is 96.7 Å². The molecule has 0 saturated carbocycles. The number of fused-ring (bicyclic) bond motifs is 3. The van der Waals surface area contributed by atoms with Crippen molar-refractivity contribution in [2.45, 2.75) is 57.7 Å². The summed E-state index contributed by atoms with van der Waals surface area (Å²) in [5, 5.41) is 10.1. The van der Waals surface area contributed by atoms with Crippen molar-refractivity contribution < 1.29 is 28.9 Å². The summed E-state index contributed by atoms with van der Waals surface area (Å²) in [6.45, 7) is 5.75. The van der Waals surface area contributed by atoms with Crippen molar-refractivity contribution in [2.24, 2.45) is 0 Å². The predicted molar refractivity (Wildman–Crippen MR) is 210 cm³/mol. The fraction of sp³-hybridized carbons (Fsp3) is 0.333. The molecule has 4 aliphatic rings. The van der Waals surface area contributed by atoms with Gasteiger partial charge in [-0.2, -0.15) is 0 Å². The van der Waals surface area contributed by atoms with E-state index in [1.807, 2.05) is 48.5 Å². The number of para-hydroxylation sites is 1. The normalized spacial score (nSPS) is 17.7. The number of ether oxygens (including phenoxy) is 3. The molecule has 2 amide bonds. The van der Waals surface area contributed by atoms with Gasteiger partial charge in [0, 0.05) is 60.5 Å². The van der Waals surface area contributed by atoms with Crippen LogP contribution in [0.15, 0.2) is 97.1 Å². The number of aromatic nitrogens is 1. The van der Waals surface area contributed by atoms with Gasteiger partial charge in [0.15, 0.2) is 11.5 Å². The van der Waals surface area contributed by atoms with E-state index in [2.05, 4.69) is 38.6 Å². The molecule has 1 aromatic heterocycles. The zero-order chi connectivity index (χ0) is 37.3. The Labute approximate surface area is 321 Å². The molecule has 4 aromatic carbocycles. The number of carbonyl (C=O) groups excluding carboxylic acids is 2. The molecule has 0 spiro atoms. The number of nitrogens with zero attached hydrogens (tertiary/aromatic N) is 4. The maximum absolute atomic E-state index is 15.2. The van der Waals surface area contributed by atoms with Crippen LogP contribution in [-0.4, -0.2) is 77.0 Å². The summed E-state index contributed by atoms with van der Waals surface area (Å²) in [5.74, 6) is 1.05. The van der Waals surface area contributed by atoms with Crippen LogP contribution in [0.1, 0.15) is 63.2 Å². The van der Waals surface area contributed by atoms with E-state index in [-0.39, 0.29) is 30.4 Å². The van der Waals surface area contributed by atoms with Gasteiger partial charge >= 0.3 is 0 Å². The number of benzene rings is 4. The van der Waals surface area contributed by atoms with E-state index in [1.165, 1.54) is 11.1 Å². The highest BCUT2D eigenvalue weighted by Crippen LogP contribution is 2.43. The monoisotopic (exact) mass is 738 g/mol. The number of morpholine rings is 1.